The van der Waals surface area contributed by atoms with Crippen LogP contribution in [0, 0.1) is 0 Å². The molecule has 1 aliphatic rings. The van der Waals surface area contributed by atoms with Crippen molar-refractivity contribution in [3.63, 3.8) is 0 Å². The van der Waals surface area contributed by atoms with Gasteiger partial charge >= 0.3 is 0 Å². The highest BCUT2D eigenvalue weighted by atomic mass is 32.1. The lowest BCUT2D eigenvalue weighted by atomic mass is 9.94. The molecule has 0 spiro atoms. The van der Waals surface area contributed by atoms with Crippen LogP contribution in [0.5, 0.6) is 0 Å². The van der Waals surface area contributed by atoms with Gasteiger partial charge in [0.15, 0.2) is 0 Å². The Kier molecular flexibility index (Phi) is 3.95. The summed E-state index contributed by atoms with van der Waals surface area (Å²) in [6, 6.07) is 0.367. The molecule has 2 rings (SSSR count). The third-order valence-corrected chi connectivity index (χ3v) is 4.54. The lowest BCUT2D eigenvalue weighted by molar-refractivity contribution is 0.327. The van der Waals surface area contributed by atoms with Gasteiger partial charge in [-0.3, -0.25) is 0 Å². The van der Waals surface area contributed by atoms with Gasteiger partial charge in [0, 0.05) is 23.7 Å². The lowest BCUT2D eigenvalue weighted by Crippen LogP contribution is -2.48. The van der Waals surface area contributed by atoms with E-state index < -0.39 is 0 Å². The van der Waals surface area contributed by atoms with Crippen molar-refractivity contribution in [1.29, 1.82) is 0 Å². The molecule has 2 unspecified atom stereocenters. The van der Waals surface area contributed by atoms with Crippen molar-refractivity contribution in [1.82, 2.24) is 15.6 Å². The highest BCUT2D eigenvalue weighted by Gasteiger charge is 2.31. The third kappa shape index (κ3) is 2.62. The van der Waals surface area contributed by atoms with E-state index in [4.69, 9.17) is 0 Å². The second-order valence-electron chi connectivity index (χ2n) is 4.64. The van der Waals surface area contributed by atoms with Crippen LogP contribution >= 0.6 is 11.3 Å². The second-order valence-corrected chi connectivity index (χ2v) is 5.56. The first-order valence-corrected chi connectivity index (χ1v) is 7.01. The Bertz CT molecular complexity index is 304. The molecule has 4 heteroatoms. The summed E-state index contributed by atoms with van der Waals surface area (Å²) in [5, 5.41) is 10.5. The molecule has 0 bridgehead atoms. The van der Waals surface area contributed by atoms with Crippen LogP contribution in [-0.4, -0.2) is 23.6 Å². The normalized spacial score (nSPS) is 27.1. The summed E-state index contributed by atoms with van der Waals surface area (Å²) >= 11 is 1.73. The zero-order valence-electron chi connectivity index (χ0n) is 10.1. The molecule has 90 valence electrons. The van der Waals surface area contributed by atoms with Crippen molar-refractivity contribution < 1.29 is 0 Å². The van der Waals surface area contributed by atoms with E-state index in [9.17, 15) is 0 Å². The Morgan fingerprint density at radius 3 is 3.12 bits per heavy atom. The molecule has 3 nitrogen and oxygen atoms in total. The Morgan fingerprint density at radius 2 is 2.56 bits per heavy atom. The van der Waals surface area contributed by atoms with Gasteiger partial charge in [0.1, 0.15) is 5.01 Å². The van der Waals surface area contributed by atoms with Crippen molar-refractivity contribution in [2.45, 2.75) is 44.7 Å². The summed E-state index contributed by atoms with van der Waals surface area (Å²) in [4.78, 5) is 4.35. The molecule has 0 radical (unpaired) electrons. The molecule has 1 saturated heterocycles. The van der Waals surface area contributed by atoms with Gasteiger partial charge in [-0.2, -0.15) is 0 Å². The molecule has 0 aliphatic carbocycles. The first kappa shape index (κ1) is 12.0. The average Bonchev–Trinajstić information content (AvgIpc) is 2.98. The fraction of sp³-hybridized carbons (Fsp3) is 0.750. The van der Waals surface area contributed by atoms with Gasteiger partial charge < -0.3 is 10.6 Å². The molecule has 0 aromatic carbocycles. The summed E-state index contributed by atoms with van der Waals surface area (Å²) in [5.74, 6) is 0. The quantitative estimate of drug-likeness (QED) is 0.828. The second kappa shape index (κ2) is 5.25. The van der Waals surface area contributed by atoms with Gasteiger partial charge in [0.05, 0.1) is 6.04 Å². The van der Waals surface area contributed by atoms with Crippen molar-refractivity contribution in [3.05, 3.63) is 16.6 Å². The minimum Gasteiger partial charge on any atom is -0.310 e. The first-order chi connectivity index (χ1) is 7.76. The lowest BCUT2D eigenvalue weighted by Gasteiger charge is -2.29. The van der Waals surface area contributed by atoms with Crippen LogP contribution in [0.4, 0.5) is 0 Å². The predicted octanol–water partition coefficient (Wildman–Crippen LogP) is 2.33. The van der Waals surface area contributed by atoms with E-state index >= 15 is 0 Å². The summed E-state index contributed by atoms with van der Waals surface area (Å²) in [6.45, 7) is 6.68. The largest absolute Gasteiger partial charge is 0.310 e. The SMILES string of the molecule is CCC1(CNC(C)c2nccs2)CCCN1. The van der Waals surface area contributed by atoms with E-state index in [0.717, 1.165) is 6.54 Å². The van der Waals surface area contributed by atoms with Crippen molar-refractivity contribution in [2.75, 3.05) is 13.1 Å². The molecule has 1 aliphatic heterocycles. The highest BCUT2D eigenvalue weighted by molar-refractivity contribution is 7.09. The molecule has 0 amide bonds. The van der Waals surface area contributed by atoms with Gasteiger partial charge in [-0.25, -0.2) is 4.98 Å². The van der Waals surface area contributed by atoms with E-state index in [-0.39, 0.29) is 0 Å². The van der Waals surface area contributed by atoms with Crippen molar-refractivity contribution >= 4 is 11.3 Å². The number of hydrogen-bond acceptors (Lipinski definition) is 4. The molecule has 2 atom stereocenters. The molecule has 2 N–H and O–H groups in total. The van der Waals surface area contributed by atoms with Crippen LogP contribution in [0.1, 0.15) is 44.2 Å². The van der Waals surface area contributed by atoms with Gasteiger partial charge in [0.25, 0.3) is 0 Å². The first-order valence-electron chi connectivity index (χ1n) is 6.13. The van der Waals surface area contributed by atoms with Crippen molar-refractivity contribution in [3.8, 4) is 0 Å². The summed E-state index contributed by atoms with van der Waals surface area (Å²) in [6.07, 6.45) is 5.68. The molecular formula is C12H21N3S. The predicted molar refractivity (Wildman–Crippen MR) is 68.8 cm³/mol. The monoisotopic (exact) mass is 239 g/mol. The highest BCUT2D eigenvalue weighted by Crippen LogP contribution is 2.23. The number of nitrogens with zero attached hydrogens (tertiary/aromatic N) is 1. The fourth-order valence-corrected chi connectivity index (χ4v) is 3.00. The van der Waals surface area contributed by atoms with Crippen LogP contribution in [0.3, 0.4) is 0 Å². The molecule has 2 heterocycles. The maximum atomic E-state index is 4.35. The summed E-state index contributed by atoms with van der Waals surface area (Å²) in [7, 11) is 0. The van der Waals surface area contributed by atoms with Crippen LogP contribution in [0.2, 0.25) is 0 Å². The third-order valence-electron chi connectivity index (χ3n) is 3.58. The standard InChI is InChI=1S/C12H21N3S/c1-3-12(5-4-6-15-12)9-14-10(2)11-13-7-8-16-11/h7-8,10,14-15H,3-6,9H2,1-2H3. The maximum Gasteiger partial charge on any atom is 0.109 e. The smallest absolute Gasteiger partial charge is 0.109 e. The Balaban J connectivity index is 1.86. The number of hydrogen-bond donors (Lipinski definition) is 2. The average molecular weight is 239 g/mol. The van der Waals surface area contributed by atoms with E-state index in [1.165, 1.54) is 30.8 Å². The van der Waals surface area contributed by atoms with Crippen LogP contribution < -0.4 is 10.6 Å². The van der Waals surface area contributed by atoms with Gasteiger partial charge in [-0.1, -0.05) is 6.92 Å². The number of nitrogens with one attached hydrogen (secondary N) is 2. The molecule has 0 saturated carbocycles. The number of thiazole rings is 1. The van der Waals surface area contributed by atoms with E-state index in [1.807, 2.05) is 11.6 Å². The molecule has 1 aromatic rings. The van der Waals surface area contributed by atoms with E-state index in [2.05, 4.69) is 29.5 Å². The molecule has 16 heavy (non-hydrogen) atoms. The van der Waals surface area contributed by atoms with Crippen molar-refractivity contribution in [2.24, 2.45) is 0 Å². The number of aromatic nitrogens is 1. The fourth-order valence-electron chi connectivity index (χ4n) is 2.33. The van der Waals surface area contributed by atoms with Crippen LogP contribution in [-0.2, 0) is 0 Å². The van der Waals surface area contributed by atoms with Crippen LogP contribution in [0.25, 0.3) is 0 Å². The van der Waals surface area contributed by atoms with Gasteiger partial charge in [-0.05, 0) is 32.7 Å². The van der Waals surface area contributed by atoms with Gasteiger partial charge in [-0.15, -0.1) is 11.3 Å². The maximum absolute atomic E-state index is 4.35. The zero-order chi connectivity index (χ0) is 11.4. The minimum atomic E-state index is 0.325. The molecule has 1 fully saturated rings. The van der Waals surface area contributed by atoms with Gasteiger partial charge in [0.2, 0.25) is 0 Å². The minimum absolute atomic E-state index is 0.325. The molecular weight excluding hydrogens is 218 g/mol. The summed E-state index contributed by atoms with van der Waals surface area (Å²) in [5.41, 5.74) is 0.325. The zero-order valence-corrected chi connectivity index (χ0v) is 10.9. The van der Waals surface area contributed by atoms with E-state index in [1.54, 1.807) is 11.3 Å². The molecule has 1 aromatic heterocycles. The number of rotatable bonds is 5. The summed E-state index contributed by atoms with van der Waals surface area (Å²) < 4.78 is 0. The van der Waals surface area contributed by atoms with Crippen LogP contribution in [0.15, 0.2) is 11.6 Å². The Morgan fingerprint density at radius 1 is 1.69 bits per heavy atom. The topological polar surface area (TPSA) is 37.0 Å². The Hall–Kier alpha value is -0.450. The Labute approximate surface area is 102 Å². The van der Waals surface area contributed by atoms with E-state index in [0.29, 0.717) is 11.6 Å².